The van der Waals surface area contributed by atoms with Crippen LogP contribution in [-0.2, 0) is 21.2 Å². The predicted molar refractivity (Wildman–Crippen MR) is 80.1 cm³/mol. The first-order valence-corrected chi connectivity index (χ1v) is 8.55. The minimum absolute atomic E-state index is 0.0288. The molecule has 0 aromatic heterocycles. The number of carbonyl (C=O) groups is 1. The highest BCUT2D eigenvalue weighted by atomic mass is 32.2. The maximum atomic E-state index is 12.0. The van der Waals surface area contributed by atoms with Gasteiger partial charge in [-0.2, -0.15) is 0 Å². The molecule has 1 aliphatic rings. The second-order valence-corrected chi connectivity index (χ2v) is 6.99. The minimum atomic E-state index is -3.65. The Kier molecular flexibility index (Phi) is 4.97. The van der Waals surface area contributed by atoms with Crippen LogP contribution in [-0.4, -0.2) is 33.5 Å². The molecule has 1 saturated heterocycles. The first-order chi connectivity index (χ1) is 9.88. The fourth-order valence-electron chi connectivity index (χ4n) is 2.47. The summed E-state index contributed by atoms with van der Waals surface area (Å²) >= 11 is 0. The zero-order chi connectivity index (χ0) is 15.5. The van der Waals surface area contributed by atoms with Gasteiger partial charge in [0.05, 0.1) is 10.9 Å². The number of sulfonamides is 1. The van der Waals surface area contributed by atoms with Gasteiger partial charge in [0.15, 0.2) is 0 Å². The van der Waals surface area contributed by atoms with Gasteiger partial charge in [-0.15, -0.1) is 0 Å². The molecule has 1 aromatic rings. The molecule has 21 heavy (non-hydrogen) atoms. The number of rotatable bonds is 5. The fourth-order valence-corrected chi connectivity index (χ4v) is 2.99. The summed E-state index contributed by atoms with van der Waals surface area (Å²) in [7, 11) is -3.65. The summed E-state index contributed by atoms with van der Waals surface area (Å²) < 4.78 is 22.3. The second-order valence-electron chi connectivity index (χ2n) is 5.43. The van der Waals surface area contributed by atoms with Crippen LogP contribution in [0.2, 0.25) is 0 Å². The average molecular weight is 311 g/mol. The van der Waals surface area contributed by atoms with Crippen LogP contribution in [0, 0.1) is 5.92 Å². The summed E-state index contributed by atoms with van der Waals surface area (Å²) in [6, 6.07) is 6.28. The average Bonchev–Trinajstić information content (AvgIpc) is 2.84. The van der Waals surface area contributed by atoms with Gasteiger partial charge in [0, 0.05) is 6.54 Å². The van der Waals surface area contributed by atoms with Crippen LogP contribution < -0.4 is 15.8 Å². The molecule has 1 fully saturated rings. The lowest BCUT2D eigenvalue weighted by Gasteiger charge is -2.15. The topological polar surface area (TPSA) is 101 Å². The lowest BCUT2D eigenvalue weighted by Crippen LogP contribution is -2.43. The summed E-state index contributed by atoms with van der Waals surface area (Å²) in [4.78, 5) is 12.1. The molecule has 116 valence electrons. The van der Waals surface area contributed by atoms with E-state index in [1.807, 2.05) is 0 Å². The summed E-state index contributed by atoms with van der Waals surface area (Å²) in [5, 5.41) is 11.1. The molecule has 0 aliphatic carbocycles. The van der Waals surface area contributed by atoms with E-state index in [1.54, 1.807) is 12.1 Å². The standard InChI is InChI=1S/C14H21N3O3S/c1-10-6-8-16-13(10)14(18)17-9-7-11-2-4-12(5-3-11)21(15,19)20/h2-5,10,13,16H,6-9H2,1H3,(H,17,18)(H2,15,19,20). The Bertz CT molecular complexity index is 598. The normalized spacial score (nSPS) is 22.2. The Balaban J connectivity index is 1.82. The van der Waals surface area contributed by atoms with Gasteiger partial charge in [-0.3, -0.25) is 4.79 Å². The molecule has 4 N–H and O–H groups in total. The number of hydrogen-bond donors (Lipinski definition) is 3. The molecule has 1 aliphatic heterocycles. The number of primary sulfonamides is 1. The number of hydrogen-bond acceptors (Lipinski definition) is 4. The van der Waals surface area contributed by atoms with Gasteiger partial charge in [0.25, 0.3) is 0 Å². The van der Waals surface area contributed by atoms with Gasteiger partial charge in [-0.1, -0.05) is 19.1 Å². The predicted octanol–water partition coefficient (Wildman–Crippen LogP) is -0.00930. The van der Waals surface area contributed by atoms with Gasteiger partial charge < -0.3 is 10.6 Å². The second kappa shape index (κ2) is 6.55. The van der Waals surface area contributed by atoms with E-state index in [0.29, 0.717) is 18.9 Å². The largest absolute Gasteiger partial charge is 0.354 e. The van der Waals surface area contributed by atoms with E-state index in [0.717, 1.165) is 18.5 Å². The van der Waals surface area contributed by atoms with Gasteiger partial charge in [-0.05, 0) is 43.0 Å². The van der Waals surface area contributed by atoms with E-state index >= 15 is 0 Å². The van der Waals surface area contributed by atoms with E-state index < -0.39 is 10.0 Å². The van der Waals surface area contributed by atoms with Crippen molar-refractivity contribution in [2.75, 3.05) is 13.1 Å². The maximum absolute atomic E-state index is 12.0. The molecular formula is C14H21N3O3S. The van der Waals surface area contributed by atoms with Crippen molar-refractivity contribution in [2.24, 2.45) is 11.1 Å². The number of nitrogens with one attached hydrogen (secondary N) is 2. The van der Waals surface area contributed by atoms with Crippen LogP contribution in [0.3, 0.4) is 0 Å². The van der Waals surface area contributed by atoms with Crippen molar-refractivity contribution in [3.63, 3.8) is 0 Å². The third-order valence-corrected chi connectivity index (χ3v) is 4.71. The zero-order valence-corrected chi connectivity index (χ0v) is 12.8. The molecule has 2 unspecified atom stereocenters. The molecule has 6 nitrogen and oxygen atoms in total. The van der Waals surface area contributed by atoms with Crippen LogP contribution >= 0.6 is 0 Å². The van der Waals surface area contributed by atoms with E-state index in [9.17, 15) is 13.2 Å². The van der Waals surface area contributed by atoms with E-state index in [4.69, 9.17) is 5.14 Å². The van der Waals surface area contributed by atoms with Crippen molar-refractivity contribution >= 4 is 15.9 Å². The lowest BCUT2D eigenvalue weighted by atomic mass is 10.0. The third kappa shape index (κ3) is 4.26. The summed E-state index contributed by atoms with van der Waals surface area (Å²) in [5.74, 6) is 0.389. The molecule has 1 heterocycles. The van der Waals surface area contributed by atoms with Crippen LogP contribution in [0.15, 0.2) is 29.2 Å². The molecule has 7 heteroatoms. The van der Waals surface area contributed by atoms with E-state index in [1.165, 1.54) is 12.1 Å². The maximum Gasteiger partial charge on any atom is 0.238 e. The van der Waals surface area contributed by atoms with E-state index in [2.05, 4.69) is 17.6 Å². The van der Waals surface area contributed by atoms with Crippen LogP contribution in [0.1, 0.15) is 18.9 Å². The molecule has 0 saturated carbocycles. The van der Waals surface area contributed by atoms with Gasteiger partial charge >= 0.3 is 0 Å². The first kappa shape index (κ1) is 15.9. The Morgan fingerprint density at radius 1 is 1.38 bits per heavy atom. The van der Waals surface area contributed by atoms with Crippen LogP contribution in [0.4, 0.5) is 0 Å². The Hall–Kier alpha value is -1.44. The van der Waals surface area contributed by atoms with Crippen molar-refractivity contribution in [1.29, 1.82) is 0 Å². The fraction of sp³-hybridized carbons (Fsp3) is 0.500. The van der Waals surface area contributed by atoms with Crippen molar-refractivity contribution in [3.05, 3.63) is 29.8 Å². The van der Waals surface area contributed by atoms with Crippen molar-refractivity contribution in [2.45, 2.75) is 30.7 Å². The summed E-state index contributed by atoms with van der Waals surface area (Å²) in [6.45, 7) is 3.48. The number of benzene rings is 1. The minimum Gasteiger partial charge on any atom is -0.354 e. The van der Waals surface area contributed by atoms with Gasteiger partial charge in [0.1, 0.15) is 0 Å². The van der Waals surface area contributed by atoms with Crippen molar-refractivity contribution < 1.29 is 13.2 Å². The molecule has 1 amide bonds. The molecule has 0 spiro atoms. The molecule has 0 radical (unpaired) electrons. The third-order valence-electron chi connectivity index (χ3n) is 3.78. The lowest BCUT2D eigenvalue weighted by molar-refractivity contribution is -0.123. The Morgan fingerprint density at radius 3 is 2.57 bits per heavy atom. The number of carbonyl (C=O) groups excluding carboxylic acids is 1. The number of amides is 1. The molecule has 1 aromatic carbocycles. The Labute approximate surface area is 125 Å². The summed E-state index contributed by atoms with van der Waals surface area (Å²) in [5.41, 5.74) is 0.954. The zero-order valence-electron chi connectivity index (χ0n) is 12.0. The highest BCUT2D eigenvalue weighted by molar-refractivity contribution is 7.89. The Morgan fingerprint density at radius 2 is 2.05 bits per heavy atom. The quantitative estimate of drug-likeness (QED) is 0.712. The monoisotopic (exact) mass is 311 g/mol. The number of nitrogens with two attached hydrogens (primary N) is 1. The molecule has 0 bridgehead atoms. The SMILES string of the molecule is CC1CCNC1C(=O)NCCc1ccc(S(N)(=O)=O)cc1. The molecule has 2 atom stereocenters. The smallest absolute Gasteiger partial charge is 0.238 e. The molecular weight excluding hydrogens is 290 g/mol. The van der Waals surface area contributed by atoms with Crippen molar-refractivity contribution in [1.82, 2.24) is 10.6 Å². The highest BCUT2D eigenvalue weighted by Crippen LogP contribution is 2.14. The highest BCUT2D eigenvalue weighted by Gasteiger charge is 2.28. The van der Waals surface area contributed by atoms with Gasteiger partial charge in [0.2, 0.25) is 15.9 Å². The van der Waals surface area contributed by atoms with E-state index in [-0.39, 0.29) is 16.8 Å². The van der Waals surface area contributed by atoms with Crippen LogP contribution in [0.5, 0.6) is 0 Å². The van der Waals surface area contributed by atoms with Crippen molar-refractivity contribution in [3.8, 4) is 0 Å². The van der Waals surface area contributed by atoms with Crippen LogP contribution in [0.25, 0.3) is 0 Å². The van der Waals surface area contributed by atoms with Gasteiger partial charge in [-0.25, -0.2) is 13.6 Å². The first-order valence-electron chi connectivity index (χ1n) is 7.01. The summed E-state index contributed by atoms with van der Waals surface area (Å²) in [6.07, 6.45) is 1.67. The molecule has 2 rings (SSSR count).